The molecule has 4 aliphatic carbocycles. The molecule has 0 bridgehead atoms. The second kappa shape index (κ2) is 6.04. The van der Waals surface area contributed by atoms with Crippen LogP contribution in [0.2, 0.25) is 0 Å². The first-order valence-electron chi connectivity index (χ1n) is 12.1. The Labute approximate surface area is 170 Å². The quantitative estimate of drug-likeness (QED) is 0.696. The van der Waals surface area contributed by atoms with Crippen molar-refractivity contribution in [1.82, 2.24) is 10.2 Å². The van der Waals surface area contributed by atoms with E-state index in [2.05, 4.69) is 31.0 Å². The number of carbonyl (C=O) groups excluding carboxylic acids is 1. The second-order valence-corrected chi connectivity index (χ2v) is 11.6. The summed E-state index contributed by atoms with van der Waals surface area (Å²) in [4.78, 5) is 15.7. The van der Waals surface area contributed by atoms with E-state index in [0.717, 1.165) is 37.3 Å². The van der Waals surface area contributed by atoms with Crippen LogP contribution in [0.1, 0.15) is 72.1 Å². The monoisotopic (exact) mass is 386 g/mol. The van der Waals surface area contributed by atoms with Gasteiger partial charge in [-0.1, -0.05) is 27.2 Å². The number of rotatable bonds is 1. The summed E-state index contributed by atoms with van der Waals surface area (Å²) in [6.07, 6.45) is 11.0. The summed E-state index contributed by atoms with van der Waals surface area (Å²) in [5.74, 6) is 3.96. The third-order valence-corrected chi connectivity index (χ3v) is 10.8. The van der Waals surface area contributed by atoms with Crippen LogP contribution in [0, 0.1) is 40.4 Å². The molecule has 0 aromatic rings. The number of nitrogens with zero attached hydrogens (tertiary/aromatic N) is 1. The van der Waals surface area contributed by atoms with Crippen molar-refractivity contribution in [2.75, 3.05) is 13.1 Å². The molecule has 4 nitrogen and oxygen atoms in total. The first-order chi connectivity index (χ1) is 13.4. The Morgan fingerprint density at radius 2 is 1.93 bits per heavy atom. The molecular formula is C24H38N2O2. The molecule has 1 N–H and O–H groups in total. The largest absolute Gasteiger partial charge is 0.337 e. The van der Waals surface area contributed by atoms with Gasteiger partial charge in [0.15, 0.2) is 12.5 Å². The summed E-state index contributed by atoms with van der Waals surface area (Å²) in [6, 6.07) is 0.386. The van der Waals surface area contributed by atoms with Gasteiger partial charge in [0.05, 0.1) is 0 Å². The van der Waals surface area contributed by atoms with Gasteiger partial charge in [0.1, 0.15) is 5.78 Å². The van der Waals surface area contributed by atoms with Gasteiger partial charge in [-0.3, -0.25) is 15.0 Å². The molecule has 2 heterocycles. The van der Waals surface area contributed by atoms with E-state index < -0.39 is 0 Å². The Morgan fingerprint density at radius 3 is 2.79 bits per heavy atom. The molecule has 4 saturated carbocycles. The van der Waals surface area contributed by atoms with E-state index in [1.807, 2.05) is 0 Å². The standard InChI is InChI=1S/C24H38N2O2/c1-14-16-7-6-15-17-5-4-9-23(17,2)10-8-18(15)24(16,3)20(13-19(14)27)26-12-11-25-21-22(26)28-21/h14-18,20-22,25H,4-13H2,1-3H3/t14?,15?,16?,17?,18?,20?,21-,22+,23+,24+/m1/s1. The molecular weight excluding hydrogens is 348 g/mol. The molecule has 0 radical (unpaired) electrons. The van der Waals surface area contributed by atoms with Gasteiger partial charge < -0.3 is 4.74 Å². The van der Waals surface area contributed by atoms with E-state index in [4.69, 9.17) is 4.74 Å². The average molecular weight is 387 g/mol. The van der Waals surface area contributed by atoms with Gasteiger partial charge in [-0.25, -0.2) is 0 Å². The lowest BCUT2D eigenvalue weighted by molar-refractivity contribution is -0.172. The number of epoxide rings is 1. The maximum atomic E-state index is 13.1. The molecule has 4 heteroatoms. The molecule has 0 aromatic carbocycles. The summed E-state index contributed by atoms with van der Waals surface area (Å²) < 4.78 is 5.96. The minimum absolute atomic E-state index is 0.217. The van der Waals surface area contributed by atoms with Gasteiger partial charge in [-0.05, 0) is 73.0 Å². The van der Waals surface area contributed by atoms with Gasteiger partial charge in [-0.2, -0.15) is 0 Å². The Balaban J connectivity index is 1.39. The van der Waals surface area contributed by atoms with Crippen LogP contribution in [0.4, 0.5) is 0 Å². The second-order valence-electron chi connectivity index (χ2n) is 11.6. The lowest BCUT2D eigenvalue weighted by Gasteiger charge is -2.64. The Bertz CT molecular complexity index is 682. The summed E-state index contributed by atoms with van der Waals surface area (Å²) in [5, 5.41) is 3.47. The van der Waals surface area contributed by atoms with E-state index in [0.29, 0.717) is 23.2 Å². The van der Waals surface area contributed by atoms with Gasteiger partial charge in [-0.15, -0.1) is 0 Å². The van der Waals surface area contributed by atoms with E-state index in [9.17, 15) is 4.79 Å². The first kappa shape index (κ1) is 18.3. The van der Waals surface area contributed by atoms with Crippen molar-refractivity contribution in [3.63, 3.8) is 0 Å². The topological polar surface area (TPSA) is 44.9 Å². The molecule has 0 aromatic heterocycles. The zero-order valence-electron chi connectivity index (χ0n) is 18.0. The molecule has 0 amide bonds. The molecule has 0 spiro atoms. The molecule has 6 fully saturated rings. The predicted molar refractivity (Wildman–Crippen MR) is 108 cm³/mol. The highest BCUT2D eigenvalue weighted by Crippen LogP contribution is 2.67. The Hall–Kier alpha value is -0.450. The molecule has 2 saturated heterocycles. The smallest absolute Gasteiger partial charge is 0.153 e. The number of carbonyl (C=O) groups is 1. The molecule has 2 aliphatic heterocycles. The Kier molecular flexibility index (Phi) is 3.96. The maximum absolute atomic E-state index is 13.1. The lowest BCUT2D eigenvalue weighted by atomic mass is 9.42. The number of ketones is 1. The number of nitrogens with one attached hydrogen (secondary N) is 1. The van der Waals surface area contributed by atoms with Crippen molar-refractivity contribution in [3.05, 3.63) is 0 Å². The number of Topliss-reactive ketones (excluding diaryl/α,β-unsaturated/α-hetero) is 1. The zero-order chi connectivity index (χ0) is 19.3. The molecule has 6 aliphatic rings. The molecule has 6 unspecified atom stereocenters. The van der Waals surface area contributed by atoms with Gasteiger partial charge >= 0.3 is 0 Å². The third-order valence-electron chi connectivity index (χ3n) is 10.8. The molecule has 156 valence electrons. The fourth-order valence-corrected chi connectivity index (χ4v) is 9.29. The fraction of sp³-hybridized carbons (Fsp3) is 0.958. The van der Waals surface area contributed by atoms with Crippen molar-refractivity contribution in [2.45, 2.75) is 90.6 Å². The summed E-state index contributed by atoms with van der Waals surface area (Å²) in [7, 11) is 0. The minimum atomic E-state index is 0.217. The molecule has 6 rings (SSSR count). The average Bonchev–Trinajstić information content (AvgIpc) is 3.37. The highest BCUT2D eigenvalue weighted by Gasteiger charge is 2.65. The number of ether oxygens (including phenoxy) is 1. The van der Waals surface area contributed by atoms with Crippen LogP contribution in [-0.2, 0) is 9.53 Å². The summed E-state index contributed by atoms with van der Waals surface area (Å²) in [6.45, 7) is 9.49. The summed E-state index contributed by atoms with van der Waals surface area (Å²) in [5.41, 5.74) is 0.879. The molecule has 10 atom stereocenters. The normalized spacial score (nSPS) is 58.5. The maximum Gasteiger partial charge on any atom is 0.153 e. The SMILES string of the molecule is CC1C(=O)CC(N2CCN[C@@H]3O[C@@H]32)[C@@]2(C)C1CCC1C3CCC[C@@]3(C)CCC12. The molecule has 28 heavy (non-hydrogen) atoms. The highest BCUT2D eigenvalue weighted by atomic mass is 16.6. The number of piperazine rings is 1. The fourth-order valence-electron chi connectivity index (χ4n) is 9.29. The van der Waals surface area contributed by atoms with E-state index >= 15 is 0 Å². The van der Waals surface area contributed by atoms with Crippen LogP contribution in [0.3, 0.4) is 0 Å². The van der Waals surface area contributed by atoms with Gasteiger partial charge in [0.2, 0.25) is 0 Å². The first-order valence-corrected chi connectivity index (χ1v) is 12.1. The van der Waals surface area contributed by atoms with Crippen molar-refractivity contribution >= 4 is 5.78 Å². The van der Waals surface area contributed by atoms with Crippen molar-refractivity contribution < 1.29 is 9.53 Å². The number of fused-ring (bicyclic) bond motifs is 6. The van der Waals surface area contributed by atoms with Crippen molar-refractivity contribution in [2.24, 2.45) is 40.4 Å². The summed E-state index contributed by atoms with van der Waals surface area (Å²) >= 11 is 0. The van der Waals surface area contributed by atoms with Crippen LogP contribution in [-0.4, -0.2) is 42.3 Å². The highest BCUT2D eigenvalue weighted by molar-refractivity contribution is 5.83. The van der Waals surface area contributed by atoms with Crippen LogP contribution in [0.25, 0.3) is 0 Å². The van der Waals surface area contributed by atoms with Crippen LogP contribution in [0.5, 0.6) is 0 Å². The van der Waals surface area contributed by atoms with E-state index in [1.165, 1.54) is 44.9 Å². The predicted octanol–water partition coefficient (Wildman–Crippen LogP) is 3.80. The van der Waals surface area contributed by atoms with Gasteiger partial charge in [0, 0.05) is 31.5 Å². The third kappa shape index (κ3) is 2.32. The lowest BCUT2D eigenvalue weighted by Crippen LogP contribution is -2.66. The van der Waals surface area contributed by atoms with E-state index in [1.54, 1.807) is 0 Å². The number of hydrogen-bond donors (Lipinski definition) is 1. The van der Waals surface area contributed by atoms with Crippen LogP contribution < -0.4 is 5.32 Å². The number of hydrogen-bond acceptors (Lipinski definition) is 4. The van der Waals surface area contributed by atoms with Crippen molar-refractivity contribution in [1.29, 1.82) is 0 Å². The minimum Gasteiger partial charge on any atom is -0.337 e. The van der Waals surface area contributed by atoms with E-state index in [-0.39, 0.29) is 23.8 Å². The zero-order valence-corrected chi connectivity index (χ0v) is 18.0. The van der Waals surface area contributed by atoms with Crippen LogP contribution in [0.15, 0.2) is 0 Å². The van der Waals surface area contributed by atoms with Crippen molar-refractivity contribution in [3.8, 4) is 0 Å². The Morgan fingerprint density at radius 1 is 1.07 bits per heavy atom. The van der Waals surface area contributed by atoms with Gasteiger partial charge in [0.25, 0.3) is 0 Å². The van der Waals surface area contributed by atoms with Crippen LogP contribution >= 0.6 is 0 Å².